The van der Waals surface area contributed by atoms with Crippen LogP contribution in [0.25, 0.3) is 21.7 Å². The molecule has 3 rings (SSSR count). The van der Waals surface area contributed by atoms with Crippen LogP contribution in [0.3, 0.4) is 0 Å². The van der Waals surface area contributed by atoms with Gasteiger partial charge in [0.05, 0.1) is 15.6 Å². The molecule has 0 saturated carbocycles. The van der Waals surface area contributed by atoms with E-state index < -0.39 is 0 Å². The van der Waals surface area contributed by atoms with Gasteiger partial charge in [-0.15, -0.1) is 11.3 Å². The molecule has 0 saturated heterocycles. The number of nitrogens with one attached hydrogen (secondary N) is 2. The van der Waals surface area contributed by atoms with E-state index in [1.54, 1.807) is 17.5 Å². The lowest BCUT2D eigenvalue weighted by molar-refractivity contribution is 0.252. The van der Waals surface area contributed by atoms with E-state index in [4.69, 9.17) is 16.6 Å². The summed E-state index contributed by atoms with van der Waals surface area (Å²) in [4.78, 5) is 21.8. The number of nitrogens with zero attached hydrogens (tertiary/aromatic N) is 2. The minimum absolute atomic E-state index is 0.272. The largest absolute Gasteiger partial charge is 0.338 e. The van der Waals surface area contributed by atoms with Crippen LogP contribution in [0.1, 0.15) is 18.9 Å². The number of amides is 2. The number of pyridine rings is 1. The highest BCUT2D eigenvalue weighted by molar-refractivity contribution is 7.15. The van der Waals surface area contributed by atoms with Crippen molar-refractivity contribution in [3.8, 4) is 21.7 Å². The van der Waals surface area contributed by atoms with Crippen molar-refractivity contribution >= 4 is 34.8 Å². The Kier molecular flexibility index (Phi) is 5.85. The lowest BCUT2D eigenvalue weighted by Gasteiger charge is -2.07. The van der Waals surface area contributed by atoms with Crippen molar-refractivity contribution in [3.63, 3.8) is 0 Å². The summed E-state index contributed by atoms with van der Waals surface area (Å²) in [6, 6.07) is 11.2. The first-order chi connectivity index (χ1) is 12.6. The maximum atomic E-state index is 11.7. The van der Waals surface area contributed by atoms with Crippen molar-refractivity contribution in [3.05, 3.63) is 52.6 Å². The van der Waals surface area contributed by atoms with Crippen LogP contribution in [-0.4, -0.2) is 22.5 Å². The fourth-order valence-electron chi connectivity index (χ4n) is 2.50. The number of carbonyl (C=O) groups is 1. The highest BCUT2D eigenvalue weighted by atomic mass is 35.5. The van der Waals surface area contributed by atoms with E-state index in [1.165, 1.54) is 0 Å². The van der Waals surface area contributed by atoms with Gasteiger partial charge in [0.1, 0.15) is 5.82 Å². The number of aryl methyl sites for hydroxylation is 1. The zero-order valence-corrected chi connectivity index (χ0v) is 16.1. The normalized spacial score (nSPS) is 10.6. The van der Waals surface area contributed by atoms with Crippen LogP contribution in [0.4, 0.5) is 10.6 Å². The van der Waals surface area contributed by atoms with Crippen LogP contribution in [0.5, 0.6) is 0 Å². The molecule has 3 aromatic rings. The van der Waals surface area contributed by atoms with E-state index in [0.29, 0.717) is 17.4 Å². The number of halogens is 1. The molecule has 2 aromatic heterocycles. The lowest BCUT2D eigenvalue weighted by Crippen LogP contribution is -2.28. The highest BCUT2D eigenvalue weighted by Gasteiger charge is 2.15. The number of aromatic nitrogens is 2. The van der Waals surface area contributed by atoms with Gasteiger partial charge < -0.3 is 5.32 Å². The maximum absolute atomic E-state index is 11.7. The zero-order chi connectivity index (χ0) is 18.5. The summed E-state index contributed by atoms with van der Waals surface area (Å²) < 4.78 is 0. The first-order valence-electron chi connectivity index (χ1n) is 8.37. The summed E-state index contributed by atoms with van der Waals surface area (Å²) in [5.74, 6) is 0.497. The van der Waals surface area contributed by atoms with Gasteiger partial charge in [0, 0.05) is 23.3 Å². The van der Waals surface area contributed by atoms with Crippen LogP contribution in [-0.2, 0) is 6.42 Å². The fraction of sp³-hybridized carbons (Fsp3) is 0.211. The predicted octanol–water partition coefficient (Wildman–Crippen LogP) is 5.23. The Morgan fingerprint density at radius 3 is 2.77 bits per heavy atom. The van der Waals surface area contributed by atoms with Gasteiger partial charge in [0.25, 0.3) is 0 Å². The highest BCUT2D eigenvalue weighted by Crippen LogP contribution is 2.38. The van der Waals surface area contributed by atoms with Crippen LogP contribution < -0.4 is 10.6 Å². The summed E-state index contributed by atoms with van der Waals surface area (Å²) in [5.41, 5.74) is 2.82. The number of anilines is 1. The van der Waals surface area contributed by atoms with Crippen molar-refractivity contribution in [1.82, 2.24) is 15.3 Å². The van der Waals surface area contributed by atoms with Crippen molar-refractivity contribution in [1.29, 1.82) is 0 Å². The van der Waals surface area contributed by atoms with Crippen molar-refractivity contribution < 1.29 is 4.79 Å². The first kappa shape index (κ1) is 18.4. The molecular weight excluding hydrogens is 368 g/mol. The van der Waals surface area contributed by atoms with E-state index >= 15 is 0 Å². The molecule has 134 valence electrons. The van der Waals surface area contributed by atoms with Gasteiger partial charge in [0.2, 0.25) is 0 Å². The molecule has 0 unspecified atom stereocenters. The summed E-state index contributed by atoms with van der Waals surface area (Å²) >= 11 is 7.80. The lowest BCUT2D eigenvalue weighted by atomic mass is 10.1. The molecule has 0 aliphatic rings. The van der Waals surface area contributed by atoms with Gasteiger partial charge in [-0.2, -0.15) is 0 Å². The van der Waals surface area contributed by atoms with Gasteiger partial charge in [0.15, 0.2) is 0 Å². The number of hydrogen-bond donors (Lipinski definition) is 2. The first-order valence-corrected chi connectivity index (χ1v) is 9.57. The standard InChI is InChI=1S/C19H19ClN4OS/c1-3-16-24-17(12-6-5-7-14(20)10-12)18(26-16)13-8-9-22-15(11-13)23-19(25)21-4-2/h5-11H,3-4H2,1-2H3,(H2,21,22,23,25). The predicted molar refractivity (Wildman–Crippen MR) is 108 cm³/mol. The second-order valence-electron chi connectivity index (χ2n) is 5.56. The topological polar surface area (TPSA) is 66.9 Å². The zero-order valence-electron chi connectivity index (χ0n) is 14.5. The Bertz CT molecular complexity index is 925. The van der Waals surface area contributed by atoms with Gasteiger partial charge in [-0.25, -0.2) is 14.8 Å². The van der Waals surface area contributed by atoms with Gasteiger partial charge >= 0.3 is 6.03 Å². The number of carbonyl (C=O) groups excluding carboxylic acids is 1. The second-order valence-corrected chi connectivity index (χ2v) is 7.08. The molecule has 0 aliphatic heterocycles. The van der Waals surface area contributed by atoms with E-state index in [0.717, 1.165) is 33.1 Å². The average molecular weight is 387 g/mol. The Morgan fingerprint density at radius 2 is 2.04 bits per heavy atom. The number of hydrogen-bond acceptors (Lipinski definition) is 4. The Balaban J connectivity index is 2.01. The summed E-state index contributed by atoms with van der Waals surface area (Å²) in [7, 11) is 0. The van der Waals surface area contributed by atoms with Crippen LogP contribution in [0, 0.1) is 0 Å². The number of benzene rings is 1. The molecule has 1 aromatic carbocycles. The van der Waals surface area contributed by atoms with Crippen molar-refractivity contribution in [2.24, 2.45) is 0 Å². The fourth-order valence-corrected chi connectivity index (χ4v) is 3.72. The number of rotatable bonds is 5. The average Bonchev–Trinajstić information content (AvgIpc) is 3.07. The van der Waals surface area contributed by atoms with E-state index in [9.17, 15) is 4.79 Å². The Morgan fingerprint density at radius 1 is 1.19 bits per heavy atom. The molecule has 0 bridgehead atoms. The number of thiazole rings is 1. The van der Waals surface area contributed by atoms with Gasteiger partial charge in [-0.1, -0.05) is 30.7 Å². The molecule has 2 N–H and O–H groups in total. The van der Waals surface area contributed by atoms with Gasteiger partial charge in [-0.3, -0.25) is 5.32 Å². The molecule has 0 radical (unpaired) electrons. The molecule has 2 amide bonds. The minimum atomic E-state index is -0.272. The summed E-state index contributed by atoms with van der Waals surface area (Å²) in [5, 5.41) is 7.16. The van der Waals surface area contributed by atoms with Crippen molar-refractivity contribution in [2.75, 3.05) is 11.9 Å². The minimum Gasteiger partial charge on any atom is -0.338 e. The summed E-state index contributed by atoms with van der Waals surface area (Å²) in [6.45, 7) is 4.50. The van der Waals surface area contributed by atoms with Crippen LogP contribution in [0.15, 0.2) is 42.6 Å². The van der Waals surface area contributed by atoms with E-state index in [2.05, 4.69) is 22.5 Å². The van der Waals surface area contributed by atoms with Crippen molar-refractivity contribution in [2.45, 2.75) is 20.3 Å². The molecule has 0 aliphatic carbocycles. The molecule has 2 heterocycles. The third-order valence-corrected chi connectivity index (χ3v) is 5.16. The SMILES string of the molecule is CCNC(=O)Nc1cc(-c2sc(CC)nc2-c2cccc(Cl)c2)ccn1. The number of urea groups is 1. The van der Waals surface area contributed by atoms with Gasteiger partial charge in [-0.05, 0) is 43.2 Å². The molecule has 0 atom stereocenters. The maximum Gasteiger partial charge on any atom is 0.320 e. The van der Waals surface area contributed by atoms with Crippen LogP contribution in [0.2, 0.25) is 5.02 Å². The second kappa shape index (κ2) is 8.29. The molecule has 5 nitrogen and oxygen atoms in total. The quantitative estimate of drug-likeness (QED) is 0.630. The third kappa shape index (κ3) is 4.20. The van der Waals surface area contributed by atoms with E-state index in [-0.39, 0.29) is 6.03 Å². The molecule has 7 heteroatoms. The summed E-state index contributed by atoms with van der Waals surface area (Å²) in [6.07, 6.45) is 2.54. The molecule has 0 fully saturated rings. The van der Waals surface area contributed by atoms with E-state index in [1.807, 2.05) is 43.3 Å². The Hall–Kier alpha value is -2.44. The van der Waals surface area contributed by atoms with Crippen LogP contribution >= 0.6 is 22.9 Å². The molecule has 0 spiro atoms. The third-order valence-electron chi connectivity index (χ3n) is 3.67. The monoisotopic (exact) mass is 386 g/mol. The molecular formula is C19H19ClN4OS. The smallest absolute Gasteiger partial charge is 0.320 e. The Labute approximate surface area is 161 Å². The molecule has 26 heavy (non-hydrogen) atoms.